The van der Waals surface area contributed by atoms with Crippen molar-refractivity contribution < 1.29 is 9.26 Å². The third kappa shape index (κ3) is 2.74. The van der Waals surface area contributed by atoms with Gasteiger partial charge in [0.25, 0.3) is 0 Å². The number of hydrogen-bond acceptors (Lipinski definition) is 5. The molecule has 5 nitrogen and oxygen atoms in total. The van der Waals surface area contributed by atoms with Crippen LogP contribution in [0.4, 0.5) is 0 Å². The highest BCUT2D eigenvalue weighted by Crippen LogP contribution is 2.34. The minimum Gasteiger partial charge on any atom is -0.367 e. The first-order chi connectivity index (χ1) is 9.60. The van der Waals surface area contributed by atoms with E-state index in [0.29, 0.717) is 18.3 Å². The van der Waals surface area contributed by atoms with Crippen molar-refractivity contribution in [3.05, 3.63) is 11.7 Å². The van der Waals surface area contributed by atoms with Crippen LogP contribution >= 0.6 is 0 Å². The van der Waals surface area contributed by atoms with Crippen molar-refractivity contribution in [2.75, 3.05) is 13.2 Å². The number of piperidine rings is 1. The number of hydrogen-bond donors (Lipinski definition) is 1. The molecule has 1 N–H and O–H groups in total. The highest BCUT2D eigenvalue weighted by Gasteiger charge is 2.39. The molecule has 0 bridgehead atoms. The lowest BCUT2D eigenvalue weighted by Gasteiger charge is -2.31. The normalized spacial score (nSPS) is 24.0. The van der Waals surface area contributed by atoms with Gasteiger partial charge in [-0.25, -0.2) is 0 Å². The predicted octanol–water partition coefficient (Wildman–Crippen LogP) is 3.11. The van der Waals surface area contributed by atoms with Gasteiger partial charge in [0.2, 0.25) is 11.7 Å². The first-order valence-electron chi connectivity index (χ1n) is 7.84. The first-order valence-corrected chi connectivity index (χ1v) is 7.84. The fourth-order valence-corrected chi connectivity index (χ4v) is 2.98. The fourth-order valence-electron chi connectivity index (χ4n) is 2.98. The van der Waals surface area contributed by atoms with E-state index in [2.05, 4.69) is 36.2 Å². The summed E-state index contributed by atoms with van der Waals surface area (Å²) >= 11 is 0. The number of rotatable bonds is 6. The van der Waals surface area contributed by atoms with Gasteiger partial charge >= 0.3 is 0 Å². The van der Waals surface area contributed by atoms with E-state index in [4.69, 9.17) is 9.26 Å². The lowest BCUT2D eigenvalue weighted by molar-refractivity contribution is -0.0583. The van der Waals surface area contributed by atoms with Crippen LogP contribution in [0, 0.1) is 0 Å². The van der Waals surface area contributed by atoms with E-state index in [1.807, 2.05) is 6.92 Å². The molecule has 1 unspecified atom stereocenters. The van der Waals surface area contributed by atoms with Crippen molar-refractivity contribution in [3.63, 3.8) is 0 Å². The number of aromatic nitrogens is 2. The fraction of sp³-hybridized carbons (Fsp3) is 0.867. The van der Waals surface area contributed by atoms with Crippen LogP contribution in [0.2, 0.25) is 0 Å². The second kappa shape index (κ2) is 6.22. The molecular weight excluding hydrogens is 254 g/mol. The summed E-state index contributed by atoms with van der Waals surface area (Å²) in [5.74, 6) is 1.38. The third-order valence-electron chi connectivity index (χ3n) is 4.49. The molecule has 0 spiro atoms. The van der Waals surface area contributed by atoms with Crippen molar-refractivity contribution in [2.45, 2.75) is 70.9 Å². The summed E-state index contributed by atoms with van der Waals surface area (Å²) in [7, 11) is 0. The summed E-state index contributed by atoms with van der Waals surface area (Å²) in [5, 5.41) is 7.73. The topological polar surface area (TPSA) is 60.2 Å². The molecule has 20 heavy (non-hydrogen) atoms. The highest BCUT2D eigenvalue weighted by molar-refractivity contribution is 5.07. The van der Waals surface area contributed by atoms with Gasteiger partial charge in [0.15, 0.2) is 0 Å². The monoisotopic (exact) mass is 281 g/mol. The zero-order valence-electron chi connectivity index (χ0n) is 13.2. The minimum atomic E-state index is -0.415. The molecule has 1 aliphatic heterocycles. The van der Waals surface area contributed by atoms with Gasteiger partial charge in [-0.3, -0.25) is 0 Å². The molecule has 1 aliphatic rings. The molecule has 0 aliphatic carbocycles. The zero-order chi connectivity index (χ0) is 14.6. The standard InChI is InChI=1S/C15H27N3O2/c1-5-15(6-2,19-7-3)12-17-13(20-18-12)14(4)10-8-9-11-16-14/h16H,5-11H2,1-4H3. The van der Waals surface area contributed by atoms with Crippen LogP contribution in [-0.2, 0) is 15.9 Å². The molecule has 1 aromatic rings. The van der Waals surface area contributed by atoms with Crippen molar-refractivity contribution >= 4 is 0 Å². The number of ether oxygens (including phenoxy) is 1. The molecule has 0 amide bonds. The Morgan fingerprint density at radius 3 is 2.60 bits per heavy atom. The Morgan fingerprint density at radius 2 is 2.05 bits per heavy atom. The van der Waals surface area contributed by atoms with Crippen LogP contribution in [0.1, 0.15) is 71.5 Å². The second-order valence-corrected chi connectivity index (χ2v) is 5.77. The Bertz CT molecular complexity index is 421. The Kier molecular flexibility index (Phi) is 4.81. The SMILES string of the molecule is CCOC(CC)(CC)c1noc(C2(C)CCCCN2)n1. The third-order valence-corrected chi connectivity index (χ3v) is 4.49. The van der Waals surface area contributed by atoms with E-state index < -0.39 is 5.60 Å². The van der Waals surface area contributed by atoms with E-state index in [-0.39, 0.29) is 5.54 Å². The average Bonchev–Trinajstić information content (AvgIpc) is 2.97. The van der Waals surface area contributed by atoms with E-state index >= 15 is 0 Å². The van der Waals surface area contributed by atoms with Gasteiger partial charge in [0.1, 0.15) is 5.60 Å². The quantitative estimate of drug-likeness (QED) is 0.868. The Labute approximate surface area is 121 Å². The lowest BCUT2D eigenvalue weighted by Crippen LogP contribution is -2.43. The summed E-state index contributed by atoms with van der Waals surface area (Å²) in [4.78, 5) is 4.67. The summed E-state index contributed by atoms with van der Waals surface area (Å²) < 4.78 is 11.5. The van der Waals surface area contributed by atoms with E-state index in [0.717, 1.165) is 25.8 Å². The largest absolute Gasteiger partial charge is 0.367 e. The van der Waals surface area contributed by atoms with Crippen LogP contribution in [0.25, 0.3) is 0 Å². The van der Waals surface area contributed by atoms with Crippen LogP contribution in [-0.4, -0.2) is 23.3 Å². The van der Waals surface area contributed by atoms with Crippen LogP contribution < -0.4 is 5.32 Å². The van der Waals surface area contributed by atoms with Gasteiger partial charge in [0.05, 0.1) is 5.54 Å². The lowest BCUT2D eigenvalue weighted by atomic mass is 9.90. The molecule has 0 aromatic carbocycles. The van der Waals surface area contributed by atoms with Gasteiger partial charge in [-0.1, -0.05) is 19.0 Å². The highest BCUT2D eigenvalue weighted by atomic mass is 16.5. The average molecular weight is 281 g/mol. The summed E-state index contributed by atoms with van der Waals surface area (Å²) in [6.45, 7) is 10.0. The van der Waals surface area contributed by atoms with E-state index in [1.165, 1.54) is 12.8 Å². The molecule has 1 aromatic heterocycles. The second-order valence-electron chi connectivity index (χ2n) is 5.77. The van der Waals surface area contributed by atoms with Gasteiger partial charge in [-0.05, 0) is 52.5 Å². The smallest absolute Gasteiger partial charge is 0.246 e. The minimum absolute atomic E-state index is 0.192. The maximum Gasteiger partial charge on any atom is 0.246 e. The molecular formula is C15H27N3O2. The first kappa shape index (κ1) is 15.4. The van der Waals surface area contributed by atoms with Gasteiger partial charge in [0, 0.05) is 6.61 Å². The molecule has 1 saturated heterocycles. The van der Waals surface area contributed by atoms with Crippen LogP contribution in [0.15, 0.2) is 4.52 Å². The molecule has 114 valence electrons. The van der Waals surface area contributed by atoms with Crippen molar-refractivity contribution in [1.82, 2.24) is 15.5 Å². The maximum absolute atomic E-state index is 5.94. The Morgan fingerprint density at radius 1 is 1.30 bits per heavy atom. The molecule has 1 fully saturated rings. The van der Waals surface area contributed by atoms with E-state index in [9.17, 15) is 0 Å². The van der Waals surface area contributed by atoms with Gasteiger partial charge in [-0.15, -0.1) is 0 Å². The molecule has 2 rings (SSSR count). The molecule has 5 heteroatoms. The van der Waals surface area contributed by atoms with Crippen molar-refractivity contribution in [3.8, 4) is 0 Å². The zero-order valence-corrected chi connectivity index (χ0v) is 13.2. The van der Waals surface area contributed by atoms with Gasteiger partial charge < -0.3 is 14.6 Å². The van der Waals surface area contributed by atoms with E-state index in [1.54, 1.807) is 0 Å². The summed E-state index contributed by atoms with van der Waals surface area (Å²) in [6, 6.07) is 0. The molecule has 2 heterocycles. The van der Waals surface area contributed by atoms with Crippen LogP contribution in [0.3, 0.4) is 0 Å². The predicted molar refractivity (Wildman–Crippen MR) is 77.4 cm³/mol. The number of nitrogens with zero attached hydrogens (tertiary/aromatic N) is 2. The van der Waals surface area contributed by atoms with Crippen molar-refractivity contribution in [2.24, 2.45) is 0 Å². The van der Waals surface area contributed by atoms with Crippen LogP contribution in [0.5, 0.6) is 0 Å². The Hall–Kier alpha value is -0.940. The van der Waals surface area contributed by atoms with Crippen molar-refractivity contribution in [1.29, 1.82) is 0 Å². The molecule has 1 atom stereocenters. The molecule has 0 saturated carbocycles. The Balaban J connectivity index is 2.26. The molecule has 0 radical (unpaired) electrons. The summed E-state index contributed by atoms with van der Waals surface area (Å²) in [6.07, 6.45) is 5.14. The number of nitrogens with one attached hydrogen (secondary N) is 1. The summed E-state index contributed by atoms with van der Waals surface area (Å²) in [5.41, 5.74) is -0.607. The van der Waals surface area contributed by atoms with Gasteiger partial charge in [-0.2, -0.15) is 4.98 Å². The maximum atomic E-state index is 5.94.